The normalized spacial score (nSPS) is 14.8. The van der Waals surface area contributed by atoms with Crippen molar-refractivity contribution in [2.45, 2.75) is 12.6 Å². The van der Waals surface area contributed by atoms with Crippen LogP contribution in [0.15, 0.2) is 65.7 Å². The second-order valence-corrected chi connectivity index (χ2v) is 8.59. The summed E-state index contributed by atoms with van der Waals surface area (Å²) in [5, 5.41) is 2.81. The number of hydrogen-bond acceptors (Lipinski definition) is 7. The summed E-state index contributed by atoms with van der Waals surface area (Å²) in [5.41, 5.74) is 1.34. The smallest absolute Gasteiger partial charge is 0.271 e. The van der Waals surface area contributed by atoms with Crippen LogP contribution in [0.4, 0.5) is 0 Å². The highest BCUT2D eigenvalue weighted by atomic mass is 32.1. The summed E-state index contributed by atoms with van der Waals surface area (Å²) in [4.78, 5) is 30.7. The number of fused-ring (bicyclic) bond motifs is 2. The quantitative estimate of drug-likeness (QED) is 0.473. The molecule has 3 heterocycles. The Morgan fingerprint density at radius 3 is 2.79 bits per heavy atom. The van der Waals surface area contributed by atoms with Gasteiger partial charge in [-0.25, -0.2) is 4.98 Å². The van der Waals surface area contributed by atoms with Gasteiger partial charge in [0.05, 0.1) is 25.5 Å². The maximum absolute atomic E-state index is 12.9. The number of carbonyl (C=O) groups is 1. The van der Waals surface area contributed by atoms with E-state index in [4.69, 9.17) is 14.2 Å². The number of amides is 1. The molecule has 0 radical (unpaired) electrons. The van der Waals surface area contributed by atoms with Gasteiger partial charge in [0.2, 0.25) is 5.91 Å². The van der Waals surface area contributed by atoms with Crippen LogP contribution in [0.5, 0.6) is 17.2 Å². The molecule has 0 saturated carbocycles. The number of nitrogens with zero attached hydrogens (tertiary/aromatic N) is 2. The Labute approximate surface area is 193 Å². The van der Waals surface area contributed by atoms with Crippen molar-refractivity contribution in [3.05, 3.63) is 71.3 Å². The summed E-state index contributed by atoms with van der Waals surface area (Å²) in [6, 6.07) is 16.9. The Hall–Kier alpha value is -3.85. The van der Waals surface area contributed by atoms with Gasteiger partial charge in [-0.05, 0) is 48.0 Å². The standard InChI is InChI=1S/C24H21N3O5S/c1-30-16-8-6-15(7-9-16)21-10-18-23(33-21)24(29)27(14-26-18)12-22(28)25-11-17-13-31-19-4-2-3-5-20(19)32-17/h2-10,14,17H,11-13H2,1H3,(H,25,28)/t17-/m1/s1. The van der Waals surface area contributed by atoms with E-state index in [2.05, 4.69) is 10.3 Å². The van der Waals surface area contributed by atoms with Crippen LogP contribution in [0.1, 0.15) is 0 Å². The van der Waals surface area contributed by atoms with E-state index in [1.165, 1.54) is 22.2 Å². The second-order valence-electron chi connectivity index (χ2n) is 7.53. The molecule has 0 aliphatic carbocycles. The van der Waals surface area contributed by atoms with Gasteiger partial charge in [-0.1, -0.05) is 12.1 Å². The molecule has 0 unspecified atom stereocenters. The van der Waals surface area contributed by atoms with E-state index in [1.807, 2.05) is 54.6 Å². The molecule has 0 saturated heterocycles. The molecular formula is C24H21N3O5S. The van der Waals surface area contributed by atoms with Gasteiger partial charge in [-0.3, -0.25) is 14.2 Å². The Kier molecular flexibility index (Phi) is 5.70. The molecule has 1 aliphatic rings. The number of aromatic nitrogens is 2. The van der Waals surface area contributed by atoms with Gasteiger partial charge in [0.25, 0.3) is 5.56 Å². The highest BCUT2D eigenvalue weighted by Gasteiger charge is 2.21. The number of para-hydroxylation sites is 2. The molecule has 9 heteroatoms. The van der Waals surface area contributed by atoms with Crippen molar-refractivity contribution in [3.8, 4) is 27.7 Å². The summed E-state index contributed by atoms with van der Waals surface area (Å²) in [7, 11) is 1.62. The van der Waals surface area contributed by atoms with Crippen LogP contribution < -0.4 is 25.1 Å². The van der Waals surface area contributed by atoms with E-state index in [9.17, 15) is 9.59 Å². The summed E-state index contributed by atoms with van der Waals surface area (Å²) >= 11 is 1.36. The zero-order chi connectivity index (χ0) is 22.8. The van der Waals surface area contributed by atoms with Crippen LogP contribution in [0.25, 0.3) is 20.7 Å². The second kappa shape index (κ2) is 8.95. The zero-order valence-corrected chi connectivity index (χ0v) is 18.6. The van der Waals surface area contributed by atoms with E-state index >= 15 is 0 Å². The maximum atomic E-state index is 12.9. The van der Waals surface area contributed by atoms with E-state index in [1.54, 1.807) is 7.11 Å². The van der Waals surface area contributed by atoms with Crippen molar-refractivity contribution >= 4 is 27.5 Å². The molecule has 168 valence electrons. The Morgan fingerprint density at radius 1 is 1.21 bits per heavy atom. The predicted octanol–water partition coefficient (Wildman–Crippen LogP) is 3.09. The molecule has 2 aromatic carbocycles. The Balaban J connectivity index is 1.25. The van der Waals surface area contributed by atoms with Crippen molar-refractivity contribution in [1.82, 2.24) is 14.9 Å². The minimum atomic E-state index is -0.300. The molecule has 5 rings (SSSR count). The van der Waals surface area contributed by atoms with Crippen LogP contribution >= 0.6 is 11.3 Å². The van der Waals surface area contributed by atoms with Gasteiger partial charge in [0.15, 0.2) is 11.5 Å². The lowest BCUT2D eigenvalue weighted by Gasteiger charge is -2.26. The third-order valence-electron chi connectivity index (χ3n) is 5.29. The predicted molar refractivity (Wildman–Crippen MR) is 125 cm³/mol. The van der Waals surface area contributed by atoms with Gasteiger partial charge in [-0.15, -0.1) is 11.3 Å². The highest BCUT2D eigenvalue weighted by molar-refractivity contribution is 7.22. The zero-order valence-electron chi connectivity index (χ0n) is 17.8. The first kappa shape index (κ1) is 21.0. The number of benzene rings is 2. The number of rotatable bonds is 6. The van der Waals surface area contributed by atoms with Crippen molar-refractivity contribution in [3.63, 3.8) is 0 Å². The fraction of sp³-hybridized carbons (Fsp3) is 0.208. The summed E-state index contributed by atoms with van der Waals surface area (Å²) in [5.74, 6) is 1.81. The number of nitrogens with one attached hydrogen (secondary N) is 1. The molecule has 33 heavy (non-hydrogen) atoms. The summed E-state index contributed by atoms with van der Waals surface area (Å²) in [6.07, 6.45) is 1.11. The van der Waals surface area contributed by atoms with E-state index < -0.39 is 0 Å². The van der Waals surface area contributed by atoms with E-state index in [0.29, 0.717) is 28.3 Å². The molecule has 1 aliphatic heterocycles. The minimum Gasteiger partial charge on any atom is -0.497 e. The van der Waals surface area contributed by atoms with Gasteiger partial charge in [0, 0.05) is 4.88 Å². The summed E-state index contributed by atoms with van der Waals surface area (Å²) in [6.45, 7) is 0.494. The maximum Gasteiger partial charge on any atom is 0.271 e. The first-order valence-corrected chi connectivity index (χ1v) is 11.2. The molecule has 4 aromatic rings. The number of ether oxygens (including phenoxy) is 3. The largest absolute Gasteiger partial charge is 0.497 e. The molecule has 1 amide bonds. The fourth-order valence-electron chi connectivity index (χ4n) is 3.56. The van der Waals surface area contributed by atoms with E-state index in [-0.39, 0.29) is 30.7 Å². The summed E-state index contributed by atoms with van der Waals surface area (Å²) < 4.78 is 18.5. The van der Waals surface area contributed by atoms with Crippen molar-refractivity contribution < 1.29 is 19.0 Å². The van der Waals surface area contributed by atoms with Crippen molar-refractivity contribution in [2.75, 3.05) is 20.3 Å². The molecule has 1 atom stereocenters. The van der Waals surface area contributed by atoms with Crippen molar-refractivity contribution in [1.29, 1.82) is 0 Å². The first-order chi connectivity index (χ1) is 16.1. The number of thiophene rings is 1. The molecule has 1 N–H and O–H groups in total. The SMILES string of the molecule is COc1ccc(-c2cc3ncn(CC(=O)NC[C@@H]4COc5ccccc5O4)c(=O)c3s2)cc1. The van der Waals surface area contributed by atoms with Crippen LogP contribution in [-0.4, -0.2) is 41.8 Å². The van der Waals surface area contributed by atoms with Crippen LogP contribution in [0, 0.1) is 0 Å². The van der Waals surface area contributed by atoms with Gasteiger partial charge in [-0.2, -0.15) is 0 Å². The molecule has 2 aromatic heterocycles. The number of methoxy groups -OCH3 is 1. The lowest BCUT2D eigenvalue weighted by molar-refractivity contribution is -0.122. The molecule has 0 spiro atoms. The first-order valence-electron chi connectivity index (χ1n) is 10.4. The van der Waals surface area contributed by atoms with Crippen LogP contribution in [0.3, 0.4) is 0 Å². The fourth-order valence-corrected chi connectivity index (χ4v) is 4.62. The monoisotopic (exact) mass is 463 g/mol. The van der Waals surface area contributed by atoms with Gasteiger partial charge in [0.1, 0.15) is 29.7 Å². The Bertz CT molecular complexity index is 1360. The van der Waals surface area contributed by atoms with E-state index in [0.717, 1.165) is 16.2 Å². The lowest BCUT2D eigenvalue weighted by atomic mass is 10.2. The van der Waals surface area contributed by atoms with Crippen LogP contribution in [-0.2, 0) is 11.3 Å². The molecule has 0 bridgehead atoms. The van der Waals surface area contributed by atoms with Gasteiger partial charge < -0.3 is 19.5 Å². The molecule has 0 fully saturated rings. The molecular weight excluding hydrogens is 442 g/mol. The lowest BCUT2D eigenvalue weighted by Crippen LogP contribution is -2.42. The average Bonchev–Trinajstić information content (AvgIpc) is 3.30. The van der Waals surface area contributed by atoms with Crippen molar-refractivity contribution in [2.24, 2.45) is 0 Å². The van der Waals surface area contributed by atoms with Gasteiger partial charge >= 0.3 is 0 Å². The number of hydrogen-bond donors (Lipinski definition) is 1. The third-order valence-corrected chi connectivity index (χ3v) is 6.45. The third kappa shape index (κ3) is 4.40. The Morgan fingerprint density at radius 2 is 2.00 bits per heavy atom. The number of carbonyl (C=O) groups excluding carboxylic acids is 1. The average molecular weight is 464 g/mol. The molecule has 8 nitrogen and oxygen atoms in total. The minimum absolute atomic E-state index is 0.123. The highest BCUT2D eigenvalue weighted by Crippen LogP contribution is 2.32. The van der Waals surface area contributed by atoms with Crippen LogP contribution in [0.2, 0.25) is 0 Å². The topological polar surface area (TPSA) is 91.7 Å².